The number of fused-ring (bicyclic) bond motifs is 2. The standard InChI is InChI=1S/C25H21BrN4O6/c1-28-13-18(23(30(34)35)25(28)19-4-2-3-5-21(19)27-24(25)31)16-8-11-22(20(26)12-16)36-14-15-6-9-17(10-7-15)29(32)33/h2-12,18,23H,13-14H2,1H3,(H,27,31)/t18-,23-,25-/m1/s1. The summed E-state index contributed by atoms with van der Waals surface area (Å²) in [6.45, 7) is 0.516. The van der Waals surface area contributed by atoms with Crippen LogP contribution in [0.2, 0.25) is 0 Å². The van der Waals surface area contributed by atoms with Gasteiger partial charge in [-0.25, -0.2) is 0 Å². The van der Waals surface area contributed by atoms with Crippen molar-refractivity contribution in [2.75, 3.05) is 18.9 Å². The highest BCUT2D eigenvalue weighted by atomic mass is 79.9. The summed E-state index contributed by atoms with van der Waals surface area (Å²) in [5, 5.41) is 26.1. The molecule has 36 heavy (non-hydrogen) atoms. The fourth-order valence-corrected chi connectivity index (χ4v) is 5.83. The highest BCUT2D eigenvalue weighted by Crippen LogP contribution is 2.52. The van der Waals surface area contributed by atoms with Crippen LogP contribution in [0.5, 0.6) is 5.75 Å². The molecule has 0 bridgehead atoms. The first-order chi connectivity index (χ1) is 17.2. The monoisotopic (exact) mass is 552 g/mol. The number of hydrogen-bond acceptors (Lipinski definition) is 7. The van der Waals surface area contributed by atoms with Gasteiger partial charge in [0.2, 0.25) is 0 Å². The minimum Gasteiger partial charge on any atom is -0.488 e. The number of carbonyl (C=O) groups is 1. The second kappa shape index (κ2) is 8.99. The molecule has 0 unspecified atom stereocenters. The van der Waals surface area contributed by atoms with Gasteiger partial charge < -0.3 is 10.1 Å². The van der Waals surface area contributed by atoms with Gasteiger partial charge in [-0.05, 0) is 64.4 Å². The molecule has 10 nitrogen and oxygen atoms in total. The molecule has 1 amide bonds. The van der Waals surface area contributed by atoms with Crippen LogP contribution >= 0.6 is 15.9 Å². The second-order valence-electron chi connectivity index (χ2n) is 8.89. The van der Waals surface area contributed by atoms with Crippen LogP contribution in [-0.2, 0) is 16.9 Å². The number of para-hydroxylation sites is 1. The van der Waals surface area contributed by atoms with E-state index in [1.54, 1.807) is 66.5 Å². The van der Waals surface area contributed by atoms with Crippen LogP contribution in [0.1, 0.15) is 22.6 Å². The van der Waals surface area contributed by atoms with Crippen molar-refractivity contribution >= 4 is 33.2 Å². The summed E-state index contributed by atoms with van der Waals surface area (Å²) >= 11 is 3.51. The fraction of sp³-hybridized carbons (Fsp3) is 0.240. The molecular formula is C25H21BrN4O6. The third-order valence-electron chi connectivity index (χ3n) is 6.97. The summed E-state index contributed by atoms with van der Waals surface area (Å²) in [6, 6.07) is 17.3. The van der Waals surface area contributed by atoms with Gasteiger partial charge >= 0.3 is 0 Å². The number of likely N-dealkylation sites (tertiary alicyclic amines) is 1. The number of halogens is 1. The van der Waals surface area contributed by atoms with Crippen molar-refractivity contribution in [3.05, 3.63) is 108 Å². The van der Waals surface area contributed by atoms with Crippen LogP contribution < -0.4 is 10.1 Å². The van der Waals surface area contributed by atoms with Crippen LogP contribution in [0.25, 0.3) is 0 Å². The predicted octanol–water partition coefficient (Wildman–Crippen LogP) is 4.46. The van der Waals surface area contributed by atoms with Crippen LogP contribution in [0.3, 0.4) is 0 Å². The molecule has 1 N–H and O–H groups in total. The van der Waals surface area contributed by atoms with Gasteiger partial charge in [-0.15, -0.1) is 0 Å². The lowest BCUT2D eigenvalue weighted by molar-refractivity contribution is -0.534. The Morgan fingerprint density at radius 3 is 2.50 bits per heavy atom. The minimum atomic E-state index is -1.40. The molecule has 0 aliphatic carbocycles. The van der Waals surface area contributed by atoms with Crippen LogP contribution in [0.4, 0.5) is 11.4 Å². The Morgan fingerprint density at radius 2 is 1.83 bits per heavy atom. The number of hydrogen-bond donors (Lipinski definition) is 1. The number of ether oxygens (including phenoxy) is 1. The predicted molar refractivity (Wildman–Crippen MR) is 134 cm³/mol. The molecule has 2 aliphatic heterocycles. The number of likely N-dealkylation sites (N-methyl/N-ethyl adjacent to an activating group) is 1. The van der Waals surface area contributed by atoms with E-state index in [2.05, 4.69) is 21.2 Å². The number of nitro groups is 2. The first-order valence-corrected chi connectivity index (χ1v) is 11.9. The van der Waals surface area contributed by atoms with E-state index in [9.17, 15) is 25.0 Å². The third kappa shape index (κ3) is 3.71. The van der Waals surface area contributed by atoms with E-state index >= 15 is 0 Å². The molecule has 2 aliphatic rings. The van der Waals surface area contributed by atoms with Crippen molar-refractivity contribution < 1.29 is 19.4 Å². The van der Waals surface area contributed by atoms with E-state index in [-0.39, 0.29) is 17.2 Å². The van der Waals surface area contributed by atoms with E-state index in [0.29, 0.717) is 33.6 Å². The smallest absolute Gasteiger partial charge is 0.269 e. The Kier molecular flexibility index (Phi) is 5.97. The van der Waals surface area contributed by atoms with Crippen molar-refractivity contribution in [3.63, 3.8) is 0 Å². The number of benzene rings is 3. The Balaban J connectivity index is 1.42. The van der Waals surface area contributed by atoms with E-state index in [4.69, 9.17) is 4.74 Å². The molecule has 1 fully saturated rings. The fourth-order valence-electron chi connectivity index (χ4n) is 5.32. The van der Waals surface area contributed by atoms with Gasteiger partial charge in [0.25, 0.3) is 17.6 Å². The Bertz CT molecular complexity index is 1380. The first-order valence-electron chi connectivity index (χ1n) is 11.1. The average Bonchev–Trinajstić information content (AvgIpc) is 3.33. The van der Waals surface area contributed by atoms with Crippen molar-refractivity contribution in [2.45, 2.75) is 24.1 Å². The summed E-state index contributed by atoms with van der Waals surface area (Å²) < 4.78 is 6.48. The van der Waals surface area contributed by atoms with Gasteiger partial charge in [0.1, 0.15) is 12.4 Å². The number of nitrogens with zero attached hydrogens (tertiary/aromatic N) is 3. The topological polar surface area (TPSA) is 128 Å². The molecule has 1 saturated heterocycles. The van der Waals surface area contributed by atoms with Crippen molar-refractivity contribution in [3.8, 4) is 5.75 Å². The quantitative estimate of drug-likeness (QED) is 0.353. The van der Waals surface area contributed by atoms with Gasteiger partial charge in [0.05, 0.1) is 15.3 Å². The third-order valence-corrected chi connectivity index (χ3v) is 7.59. The van der Waals surface area contributed by atoms with Crippen molar-refractivity contribution in [1.82, 2.24) is 4.90 Å². The lowest BCUT2D eigenvalue weighted by Crippen LogP contribution is -2.54. The molecule has 184 valence electrons. The first kappa shape index (κ1) is 23.9. The summed E-state index contributed by atoms with van der Waals surface area (Å²) in [6.07, 6.45) is 0. The maximum absolute atomic E-state index is 13.2. The summed E-state index contributed by atoms with van der Waals surface area (Å²) in [7, 11) is 1.74. The van der Waals surface area contributed by atoms with Crippen molar-refractivity contribution in [2.24, 2.45) is 0 Å². The molecule has 3 aromatic carbocycles. The summed E-state index contributed by atoms with van der Waals surface area (Å²) in [5.41, 5.74) is 1.29. The molecule has 0 aromatic heterocycles. The molecule has 11 heteroatoms. The maximum Gasteiger partial charge on any atom is 0.269 e. The Hall–Kier alpha value is -3.83. The molecule has 5 rings (SSSR count). The summed E-state index contributed by atoms with van der Waals surface area (Å²) in [5.74, 6) is -0.403. The number of nitrogens with one attached hydrogen (secondary N) is 1. The van der Waals surface area contributed by atoms with E-state index in [1.807, 2.05) is 0 Å². The molecule has 3 aromatic rings. The van der Waals surface area contributed by atoms with Crippen molar-refractivity contribution in [1.29, 1.82) is 0 Å². The Labute approximate surface area is 214 Å². The zero-order valence-corrected chi connectivity index (χ0v) is 20.7. The van der Waals surface area contributed by atoms with Crippen LogP contribution in [-0.4, -0.2) is 40.3 Å². The highest BCUT2D eigenvalue weighted by molar-refractivity contribution is 9.10. The zero-order chi connectivity index (χ0) is 25.6. The normalized spacial score (nSPS) is 22.9. The van der Waals surface area contributed by atoms with Crippen LogP contribution in [0, 0.1) is 20.2 Å². The molecule has 1 spiro atoms. The molecular weight excluding hydrogens is 532 g/mol. The van der Waals surface area contributed by atoms with Gasteiger partial charge in [-0.1, -0.05) is 24.3 Å². The Morgan fingerprint density at radius 1 is 1.11 bits per heavy atom. The van der Waals surface area contributed by atoms with Gasteiger partial charge in [0.15, 0.2) is 5.54 Å². The SMILES string of the molecule is CN1C[C@H](c2ccc(OCc3ccc([N+](=O)[O-])cc3)c(Br)c2)[C@@H]([N+](=O)[O-])[C@]12C(=O)Nc1ccccc12. The summed E-state index contributed by atoms with van der Waals surface area (Å²) in [4.78, 5) is 37.5. The van der Waals surface area contributed by atoms with Gasteiger partial charge in [-0.3, -0.25) is 29.9 Å². The highest BCUT2D eigenvalue weighted by Gasteiger charge is 2.68. The largest absolute Gasteiger partial charge is 0.488 e. The van der Waals surface area contributed by atoms with E-state index in [0.717, 1.165) is 5.56 Å². The molecule has 2 heterocycles. The van der Waals surface area contributed by atoms with Crippen LogP contribution in [0.15, 0.2) is 71.2 Å². The minimum absolute atomic E-state index is 0.00231. The lowest BCUT2D eigenvalue weighted by atomic mass is 9.79. The molecule has 0 radical (unpaired) electrons. The second-order valence-corrected chi connectivity index (χ2v) is 9.74. The van der Waals surface area contributed by atoms with E-state index in [1.165, 1.54) is 12.1 Å². The van der Waals surface area contributed by atoms with E-state index < -0.39 is 28.3 Å². The van der Waals surface area contributed by atoms with Gasteiger partial charge in [-0.2, -0.15) is 0 Å². The number of rotatable bonds is 6. The number of non-ortho nitro benzene ring substituents is 1. The molecule has 3 atom stereocenters. The number of nitro benzene ring substituents is 1. The molecule has 0 saturated carbocycles. The zero-order valence-electron chi connectivity index (χ0n) is 19.1. The number of amides is 1. The average molecular weight is 553 g/mol. The van der Waals surface area contributed by atoms with Gasteiger partial charge in [0, 0.05) is 34.9 Å². The number of anilines is 1. The number of carbonyl (C=O) groups excluding carboxylic acids is 1. The lowest BCUT2D eigenvalue weighted by Gasteiger charge is -2.30. The maximum atomic E-state index is 13.2.